The minimum Gasteiger partial charge on any atom is -0.489 e. The Labute approximate surface area is 121 Å². The lowest BCUT2D eigenvalue weighted by molar-refractivity contribution is 0.121. The van der Waals surface area contributed by atoms with Gasteiger partial charge in [0.05, 0.1) is 11.1 Å². The molecule has 2 nitrogen and oxygen atoms in total. The minimum absolute atomic E-state index is 0.315. The van der Waals surface area contributed by atoms with Crippen molar-refractivity contribution in [2.24, 2.45) is 11.7 Å². The summed E-state index contributed by atoms with van der Waals surface area (Å²) in [6.07, 6.45) is 7.29. The van der Waals surface area contributed by atoms with Crippen LogP contribution in [0.5, 0.6) is 5.75 Å². The van der Waals surface area contributed by atoms with Crippen molar-refractivity contribution in [1.29, 1.82) is 0 Å². The molecule has 0 bridgehead atoms. The van der Waals surface area contributed by atoms with E-state index in [2.05, 4.69) is 13.0 Å². The Morgan fingerprint density at radius 3 is 2.95 bits per heavy atom. The number of benzene rings is 1. The van der Waals surface area contributed by atoms with Gasteiger partial charge in [-0.2, -0.15) is 0 Å². The van der Waals surface area contributed by atoms with Crippen LogP contribution in [-0.4, -0.2) is 12.6 Å². The van der Waals surface area contributed by atoms with Gasteiger partial charge >= 0.3 is 0 Å². The van der Waals surface area contributed by atoms with E-state index in [1.165, 1.54) is 19.3 Å². The van der Waals surface area contributed by atoms with Crippen LogP contribution in [0.25, 0.3) is 0 Å². The molecule has 0 spiro atoms. The Kier molecular flexibility index (Phi) is 5.53. The maximum atomic E-state index is 6.29. The van der Waals surface area contributed by atoms with Gasteiger partial charge in [0.1, 0.15) is 5.75 Å². The van der Waals surface area contributed by atoms with E-state index in [1.807, 2.05) is 12.1 Å². The normalized spacial score (nSPS) is 23.3. The molecule has 1 fully saturated rings. The summed E-state index contributed by atoms with van der Waals surface area (Å²) in [5.74, 6) is 1.66. The van der Waals surface area contributed by atoms with Crippen LogP contribution in [0.2, 0.25) is 5.02 Å². The highest BCUT2D eigenvalue weighted by molar-refractivity contribution is 6.32. The third-order valence-corrected chi connectivity index (χ3v) is 4.36. The maximum absolute atomic E-state index is 6.29. The second kappa shape index (κ2) is 7.16. The lowest BCUT2D eigenvalue weighted by Crippen LogP contribution is -2.25. The van der Waals surface area contributed by atoms with Crippen molar-refractivity contribution in [3.05, 3.63) is 28.8 Å². The highest BCUT2D eigenvalue weighted by Gasteiger charge is 2.23. The Hall–Kier alpha value is -0.730. The van der Waals surface area contributed by atoms with Crippen molar-refractivity contribution in [3.8, 4) is 5.75 Å². The average molecular weight is 282 g/mol. The van der Waals surface area contributed by atoms with Crippen molar-refractivity contribution in [1.82, 2.24) is 0 Å². The fourth-order valence-corrected chi connectivity index (χ4v) is 3.16. The van der Waals surface area contributed by atoms with Crippen molar-refractivity contribution in [2.45, 2.75) is 51.6 Å². The van der Waals surface area contributed by atoms with Gasteiger partial charge in [0.15, 0.2) is 0 Å². The van der Waals surface area contributed by atoms with Crippen molar-refractivity contribution in [3.63, 3.8) is 0 Å². The monoisotopic (exact) mass is 281 g/mol. The molecule has 1 aliphatic rings. The summed E-state index contributed by atoms with van der Waals surface area (Å²) < 4.78 is 6.21. The van der Waals surface area contributed by atoms with Gasteiger partial charge in [0.2, 0.25) is 0 Å². The Balaban J connectivity index is 2.09. The smallest absolute Gasteiger partial charge is 0.141 e. The summed E-state index contributed by atoms with van der Waals surface area (Å²) in [6.45, 7) is 2.89. The molecule has 1 aromatic rings. The molecule has 0 aliphatic heterocycles. The van der Waals surface area contributed by atoms with Gasteiger partial charge in [-0.3, -0.25) is 0 Å². The second-order valence-electron chi connectivity index (χ2n) is 5.45. The van der Waals surface area contributed by atoms with Crippen molar-refractivity contribution < 1.29 is 4.74 Å². The Bertz CT molecular complexity index is 408. The first kappa shape index (κ1) is 14.7. The minimum atomic E-state index is 0.315. The largest absolute Gasteiger partial charge is 0.489 e. The first-order valence-electron chi connectivity index (χ1n) is 7.38. The summed E-state index contributed by atoms with van der Waals surface area (Å²) in [6, 6.07) is 5.93. The van der Waals surface area contributed by atoms with Crippen LogP contribution in [0.4, 0.5) is 0 Å². The third-order valence-electron chi connectivity index (χ3n) is 4.06. The predicted octanol–water partition coefficient (Wildman–Crippen LogP) is 4.19. The molecule has 0 saturated heterocycles. The van der Waals surface area contributed by atoms with Gasteiger partial charge < -0.3 is 10.5 Å². The first-order valence-corrected chi connectivity index (χ1v) is 7.76. The molecular formula is C16H24ClNO. The molecule has 2 atom stereocenters. The molecule has 2 rings (SSSR count). The molecule has 1 aliphatic carbocycles. The van der Waals surface area contributed by atoms with Gasteiger partial charge in [0, 0.05) is 0 Å². The molecule has 2 N–H and O–H groups in total. The van der Waals surface area contributed by atoms with Crippen LogP contribution in [0.3, 0.4) is 0 Å². The highest BCUT2D eigenvalue weighted by atomic mass is 35.5. The quantitative estimate of drug-likeness (QED) is 0.878. The SMILES string of the molecule is CCC1CCCC(Oc2c(Cl)cccc2CCN)C1. The lowest BCUT2D eigenvalue weighted by Gasteiger charge is -2.30. The fraction of sp³-hybridized carbons (Fsp3) is 0.625. The van der Waals surface area contributed by atoms with E-state index in [9.17, 15) is 0 Å². The fourth-order valence-electron chi connectivity index (χ4n) is 2.92. The van der Waals surface area contributed by atoms with E-state index in [-0.39, 0.29) is 0 Å². The van der Waals surface area contributed by atoms with Crippen molar-refractivity contribution >= 4 is 11.6 Å². The summed E-state index contributed by atoms with van der Waals surface area (Å²) in [5, 5.41) is 0.713. The van der Waals surface area contributed by atoms with Crippen LogP contribution >= 0.6 is 11.6 Å². The molecule has 106 valence electrons. The number of hydrogen-bond donors (Lipinski definition) is 1. The number of nitrogens with two attached hydrogens (primary N) is 1. The Morgan fingerprint density at radius 1 is 1.37 bits per heavy atom. The molecule has 0 heterocycles. The van der Waals surface area contributed by atoms with E-state index in [0.717, 1.165) is 36.5 Å². The number of halogens is 1. The number of para-hydroxylation sites is 1. The molecule has 0 radical (unpaired) electrons. The molecule has 2 unspecified atom stereocenters. The van der Waals surface area contributed by atoms with E-state index in [1.54, 1.807) is 0 Å². The number of ether oxygens (including phenoxy) is 1. The van der Waals surface area contributed by atoms with Crippen LogP contribution in [-0.2, 0) is 6.42 Å². The van der Waals surface area contributed by atoms with E-state index < -0.39 is 0 Å². The first-order chi connectivity index (χ1) is 9.24. The highest BCUT2D eigenvalue weighted by Crippen LogP contribution is 2.34. The van der Waals surface area contributed by atoms with Crippen LogP contribution < -0.4 is 10.5 Å². The van der Waals surface area contributed by atoms with Gasteiger partial charge in [-0.25, -0.2) is 0 Å². The molecule has 19 heavy (non-hydrogen) atoms. The zero-order valence-electron chi connectivity index (χ0n) is 11.7. The van der Waals surface area contributed by atoms with E-state index in [0.29, 0.717) is 17.7 Å². The zero-order chi connectivity index (χ0) is 13.7. The second-order valence-corrected chi connectivity index (χ2v) is 5.85. The molecule has 0 amide bonds. The zero-order valence-corrected chi connectivity index (χ0v) is 12.5. The van der Waals surface area contributed by atoms with Crippen molar-refractivity contribution in [2.75, 3.05) is 6.54 Å². The maximum Gasteiger partial charge on any atom is 0.141 e. The van der Waals surface area contributed by atoms with Crippen LogP contribution in [0.1, 0.15) is 44.6 Å². The molecule has 3 heteroatoms. The Morgan fingerprint density at radius 2 is 2.21 bits per heavy atom. The number of rotatable bonds is 5. The van der Waals surface area contributed by atoms with Gasteiger partial charge in [-0.15, -0.1) is 0 Å². The summed E-state index contributed by atoms with van der Waals surface area (Å²) in [7, 11) is 0. The summed E-state index contributed by atoms with van der Waals surface area (Å²) in [5.41, 5.74) is 6.79. The topological polar surface area (TPSA) is 35.2 Å². The average Bonchev–Trinajstić information content (AvgIpc) is 2.43. The van der Waals surface area contributed by atoms with Gasteiger partial charge in [-0.1, -0.05) is 43.5 Å². The third kappa shape index (κ3) is 3.87. The van der Waals surface area contributed by atoms with E-state index >= 15 is 0 Å². The summed E-state index contributed by atoms with van der Waals surface area (Å²) in [4.78, 5) is 0. The number of hydrogen-bond acceptors (Lipinski definition) is 2. The van der Waals surface area contributed by atoms with E-state index in [4.69, 9.17) is 22.1 Å². The molecule has 1 aromatic carbocycles. The lowest BCUT2D eigenvalue weighted by atomic mass is 9.85. The van der Waals surface area contributed by atoms with Gasteiger partial charge in [0.25, 0.3) is 0 Å². The standard InChI is InChI=1S/C16H24ClNO/c1-2-12-5-3-7-14(11-12)19-16-13(9-10-18)6-4-8-15(16)17/h4,6,8,12,14H,2-3,5,7,9-11,18H2,1H3. The summed E-state index contributed by atoms with van der Waals surface area (Å²) >= 11 is 6.29. The van der Waals surface area contributed by atoms with Crippen LogP contribution in [0.15, 0.2) is 18.2 Å². The molecule has 0 aromatic heterocycles. The molecular weight excluding hydrogens is 258 g/mol. The predicted molar refractivity (Wildman–Crippen MR) is 80.9 cm³/mol. The van der Waals surface area contributed by atoms with Crippen LogP contribution in [0, 0.1) is 5.92 Å². The molecule has 1 saturated carbocycles. The van der Waals surface area contributed by atoms with Gasteiger partial charge in [-0.05, 0) is 49.8 Å².